The Labute approximate surface area is 130 Å². The van der Waals surface area contributed by atoms with Crippen LogP contribution in [0.5, 0.6) is 5.75 Å². The van der Waals surface area contributed by atoms with Crippen molar-refractivity contribution in [3.8, 4) is 5.75 Å². The number of hydrogen-bond acceptors (Lipinski definition) is 4. The molecule has 6 heteroatoms. The molecule has 2 rings (SSSR count). The van der Waals surface area contributed by atoms with Gasteiger partial charge in [0, 0.05) is 32.2 Å². The van der Waals surface area contributed by atoms with Crippen LogP contribution < -0.4 is 10.5 Å². The molecule has 1 amide bonds. The van der Waals surface area contributed by atoms with E-state index in [1.807, 2.05) is 31.3 Å². The molecule has 21 heavy (non-hydrogen) atoms. The number of thiocarbonyl (C=S) groups is 1. The number of hydrogen-bond donors (Lipinski definition) is 1. The van der Waals surface area contributed by atoms with Crippen molar-refractivity contribution in [2.75, 3.05) is 39.8 Å². The molecule has 1 aromatic rings. The zero-order valence-electron chi connectivity index (χ0n) is 12.2. The number of amides is 1. The zero-order valence-corrected chi connectivity index (χ0v) is 13.1. The van der Waals surface area contributed by atoms with Gasteiger partial charge in [-0.3, -0.25) is 9.69 Å². The first-order chi connectivity index (χ1) is 10.1. The van der Waals surface area contributed by atoms with Crippen molar-refractivity contribution in [3.63, 3.8) is 0 Å². The third-order valence-corrected chi connectivity index (χ3v) is 3.80. The third-order valence-electron chi connectivity index (χ3n) is 3.56. The van der Waals surface area contributed by atoms with Crippen LogP contribution in [0, 0.1) is 0 Å². The van der Waals surface area contributed by atoms with Gasteiger partial charge in [0.2, 0.25) is 5.91 Å². The topological polar surface area (TPSA) is 58.8 Å². The summed E-state index contributed by atoms with van der Waals surface area (Å²) in [6.07, 6.45) is 0.897. The monoisotopic (exact) mass is 307 g/mol. The second-order valence-electron chi connectivity index (χ2n) is 5.18. The molecule has 5 nitrogen and oxygen atoms in total. The molecule has 114 valence electrons. The van der Waals surface area contributed by atoms with E-state index in [4.69, 9.17) is 22.7 Å². The van der Waals surface area contributed by atoms with Gasteiger partial charge in [-0.05, 0) is 30.7 Å². The normalized spacial score (nSPS) is 16.0. The molecule has 1 saturated heterocycles. The fourth-order valence-corrected chi connectivity index (χ4v) is 2.33. The predicted octanol–water partition coefficient (Wildman–Crippen LogP) is 0.864. The van der Waals surface area contributed by atoms with Crippen LogP contribution in [0.25, 0.3) is 0 Å². The van der Waals surface area contributed by atoms with Crippen molar-refractivity contribution >= 4 is 23.1 Å². The standard InChI is InChI=1S/C15H21N3O2S/c1-17-8-9-18(11-14(17)19)7-2-10-20-13-5-3-12(4-6-13)15(16)21/h3-6H,2,7-11H2,1H3,(H2,16,21). The molecule has 1 heterocycles. The lowest BCUT2D eigenvalue weighted by atomic mass is 10.2. The molecule has 0 saturated carbocycles. The van der Waals surface area contributed by atoms with E-state index in [0.29, 0.717) is 18.1 Å². The first-order valence-electron chi connectivity index (χ1n) is 7.05. The van der Waals surface area contributed by atoms with Gasteiger partial charge < -0.3 is 15.4 Å². The van der Waals surface area contributed by atoms with Gasteiger partial charge in [0.25, 0.3) is 0 Å². The molecule has 0 radical (unpaired) electrons. The van der Waals surface area contributed by atoms with Gasteiger partial charge in [-0.1, -0.05) is 12.2 Å². The maximum absolute atomic E-state index is 11.6. The second kappa shape index (κ2) is 7.38. The van der Waals surface area contributed by atoms with Gasteiger partial charge in [-0.15, -0.1) is 0 Å². The van der Waals surface area contributed by atoms with Crippen molar-refractivity contribution in [1.29, 1.82) is 0 Å². The van der Waals surface area contributed by atoms with Crippen LogP contribution in [0.15, 0.2) is 24.3 Å². The summed E-state index contributed by atoms with van der Waals surface area (Å²) in [6.45, 7) is 3.77. The molecule has 0 aromatic heterocycles. The highest BCUT2D eigenvalue weighted by atomic mass is 32.1. The van der Waals surface area contributed by atoms with Crippen LogP contribution in [0.4, 0.5) is 0 Å². The number of carbonyl (C=O) groups excluding carboxylic acids is 1. The SMILES string of the molecule is CN1CCN(CCCOc2ccc(C(N)=S)cc2)CC1=O. The summed E-state index contributed by atoms with van der Waals surface area (Å²) in [4.78, 5) is 15.9. The number of likely N-dealkylation sites (N-methyl/N-ethyl adjacent to an activating group) is 1. The highest BCUT2D eigenvalue weighted by molar-refractivity contribution is 7.80. The van der Waals surface area contributed by atoms with Gasteiger partial charge in [-0.25, -0.2) is 0 Å². The van der Waals surface area contributed by atoms with Crippen molar-refractivity contribution in [2.45, 2.75) is 6.42 Å². The summed E-state index contributed by atoms with van der Waals surface area (Å²) in [7, 11) is 1.85. The van der Waals surface area contributed by atoms with E-state index in [2.05, 4.69) is 4.90 Å². The molecule has 0 aliphatic carbocycles. The Morgan fingerprint density at radius 2 is 2.05 bits per heavy atom. The molecule has 1 aromatic carbocycles. The summed E-state index contributed by atoms with van der Waals surface area (Å²) in [5, 5.41) is 0. The third kappa shape index (κ3) is 4.68. The van der Waals surface area contributed by atoms with Gasteiger partial charge in [0.1, 0.15) is 10.7 Å². The van der Waals surface area contributed by atoms with E-state index < -0.39 is 0 Å². The fourth-order valence-electron chi connectivity index (χ4n) is 2.19. The molecule has 0 atom stereocenters. The molecular formula is C15H21N3O2S. The van der Waals surface area contributed by atoms with Crippen LogP contribution in [0.3, 0.4) is 0 Å². The summed E-state index contributed by atoms with van der Waals surface area (Å²) >= 11 is 4.90. The number of piperazine rings is 1. The van der Waals surface area contributed by atoms with E-state index >= 15 is 0 Å². The number of nitrogens with zero attached hydrogens (tertiary/aromatic N) is 2. The minimum atomic E-state index is 0.190. The molecule has 0 unspecified atom stereocenters. The molecule has 1 aliphatic rings. The first-order valence-corrected chi connectivity index (χ1v) is 7.46. The van der Waals surface area contributed by atoms with Gasteiger partial charge in [0.15, 0.2) is 0 Å². The first kappa shape index (κ1) is 15.7. The van der Waals surface area contributed by atoms with Crippen LogP contribution in [0.1, 0.15) is 12.0 Å². The number of nitrogens with two attached hydrogens (primary N) is 1. The molecular weight excluding hydrogens is 286 g/mol. The number of rotatable bonds is 6. The van der Waals surface area contributed by atoms with Crippen LogP contribution >= 0.6 is 12.2 Å². The predicted molar refractivity (Wildman–Crippen MR) is 86.5 cm³/mol. The number of benzene rings is 1. The minimum Gasteiger partial charge on any atom is -0.494 e. The van der Waals surface area contributed by atoms with Crippen molar-refractivity contribution in [1.82, 2.24) is 9.80 Å². The van der Waals surface area contributed by atoms with E-state index in [-0.39, 0.29) is 5.91 Å². The van der Waals surface area contributed by atoms with Crippen molar-refractivity contribution in [3.05, 3.63) is 29.8 Å². The highest BCUT2D eigenvalue weighted by Gasteiger charge is 2.20. The fraction of sp³-hybridized carbons (Fsp3) is 0.467. The molecule has 2 N–H and O–H groups in total. The molecule has 0 spiro atoms. The Kier molecular flexibility index (Phi) is 5.52. The Hall–Kier alpha value is -1.66. The highest BCUT2D eigenvalue weighted by Crippen LogP contribution is 2.12. The van der Waals surface area contributed by atoms with E-state index in [0.717, 1.165) is 37.4 Å². The lowest BCUT2D eigenvalue weighted by molar-refractivity contribution is -0.134. The molecule has 1 aliphatic heterocycles. The van der Waals surface area contributed by atoms with Crippen LogP contribution in [-0.4, -0.2) is 60.5 Å². The van der Waals surface area contributed by atoms with Crippen molar-refractivity contribution in [2.24, 2.45) is 5.73 Å². The number of ether oxygens (including phenoxy) is 1. The summed E-state index contributed by atoms with van der Waals surface area (Å²) in [6, 6.07) is 7.45. The second-order valence-corrected chi connectivity index (χ2v) is 5.62. The van der Waals surface area contributed by atoms with Gasteiger partial charge >= 0.3 is 0 Å². The largest absolute Gasteiger partial charge is 0.494 e. The number of carbonyl (C=O) groups is 1. The Morgan fingerprint density at radius 1 is 1.33 bits per heavy atom. The van der Waals surface area contributed by atoms with E-state index in [9.17, 15) is 4.79 Å². The Bertz CT molecular complexity index is 504. The van der Waals surface area contributed by atoms with E-state index in [1.165, 1.54) is 0 Å². The average Bonchev–Trinajstić information content (AvgIpc) is 2.47. The average molecular weight is 307 g/mol. The molecule has 0 bridgehead atoms. The summed E-state index contributed by atoms with van der Waals surface area (Å²) in [5.41, 5.74) is 6.38. The quantitative estimate of drug-likeness (QED) is 0.624. The van der Waals surface area contributed by atoms with Gasteiger partial charge in [-0.2, -0.15) is 0 Å². The summed E-state index contributed by atoms with van der Waals surface area (Å²) < 4.78 is 5.67. The smallest absolute Gasteiger partial charge is 0.236 e. The lowest BCUT2D eigenvalue weighted by Crippen LogP contribution is -2.48. The lowest BCUT2D eigenvalue weighted by Gasteiger charge is -2.31. The van der Waals surface area contributed by atoms with Crippen LogP contribution in [0.2, 0.25) is 0 Å². The minimum absolute atomic E-state index is 0.190. The molecule has 1 fully saturated rings. The van der Waals surface area contributed by atoms with Crippen LogP contribution in [-0.2, 0) is 4.79 Å². The Balaban J connectivity index is 1.68. The van der Waals surface area contributed by atoms with Gasteiger partial charge in [0.05, 0.1) is 13.2 Å². The maximum atomic E-state index is 11.6. The summed E-state index contributed by atoms with van der Waals surface area (Å²) in [5.74, 6) is 1.000. The Morgan fingerprint density at radius 3 is 2.67 bits per heavy atom. The van der Waals surface area contributed by atoms with E-state index in [1.54, 1.807) is 4.90 Å². The van der Waals surface area contributed by atoms with Crippen molar-refractivity contribution < 1.29 is 9.53 Å². The zero-order chi connectivity index (χ0) is 15.2. The maximum Gasteiger partial charge on any atom is 0.236 e.